The summed E-state index contributed by atoms with van der Waals surface area (Å²) in [5.74, 6) is 1.48. The zero-order valence-electron chi connectivity index (χ0n) is 70.6. The van der Waals surface area contributed by atoms with Crippen LogP contribution in [0.15, 0.2) is 146 Å². The standard InChI is InChI=1S/3C32H39ClN2O5S/c3*1-2-25-7-3-4-8-29(36)26-12-9-23(26)18-35-19-32(15-5-6-21-16-24(33)11-13-27(21)32)20-40-30-14-10-22(17-28(30)35)31(37)34-41(25,38)39/h3*4,8,10-11,13-14,16-17,23,25-26,29,36H,2-3,5-7,9,12,15,18-20H2,1H3,(H,34,37)/b2*8-4+;8-4-/t23-,25+,26+,29-,32-;23-,25-,26+,29-,32-;23-,25+,26+,29-,32-/m000/s1. The molecule has 3 amide bonds. The zero-order chi connectivity index (χ0) is 86.3. The number of hydrogen-bond donors (Lipinski definition) is 6. The number of halogens is 3. The number of rotatable bonds is 3. The van der Waals surface area contributed by atoms with E-state index in [1.54, 1.807) is 54.6 Å². The molecule has 6 aliphatic carbocycles. The van der Waals surface area contributed by atoms with Gasteiger partial charge in [0, 0.05) is 87.3 Å². The first kappa shape index (κ1) is 88.8. The van der Waals surface area contributed by atoms with Gasteiger partial charge in [0.05, 0.1) is 70.9 Å². The van der Waals surface area contributed by atoms with Crippen molar-refractivity contribution in [3.05, 3.63) is 211 Å². The minimum Gasteiger partial charge on any atom is -0.490 e. The number of nitrogens with one attached hydrogen (secondary N) is 3. The zero-order valence-corrected chi connectivity index (χ0v) is 75.3. The molecule has 123 heavy (non-hydrogen) atoms. The molecule has 3 saturated carbocycles. The van der Waals surface area contributed by atoms with Crippen LogP contribution in [0.4, 0.5) is 17.1 Å². The number of aliphatic hydroxyl groups is 3. The van der Waals surface area contributed by atoms with Gasteiger partial charge in [-0.25, -0.2) is 39.4 Å². The second-order valence-electron chi connectivity index (χ2n) is 36.9. The van der Waals surface area contributed by atoms with Gasteiger partial charge in [-0.05, 0) is 314 Å². The van der Waals surface area contributed by atoms with E-state index < -0.39 is 81.9 Å². The molecule has 27 heteroatoms. The van der Waals surface area contributed by atoms with Gasteiger partial charge < -0.3 is 44.2 Å². The highest BCUT2D eigenvalue weighted by Crippen LogP contribution is 2.52. The van der Waals surface area contributed by atoms with E-state index in [-0.39, 0.29) is 34.0 Å². The topological polar surface area (TPSA) is 288 Å². The number of sulfonamides is 3. The van der Waals surface area contributed by atoms with E-state index in [1.807, 2.05) is 75.4 Å². The Morgan fingerprint density at radius 1 is 0.390 bits per heavy atom. The molecule has 6 aromatic rings. The lowest BCUT2D eigenvalue weighted by Gasteiger charge is -2.45. The molecule has 3 fully saturated rings. The lowest BCUT2D eigenvalue weighted by Crippen LogP contribution is -2.49. The van der Waals surface area contributed by atoms with Crippen molar-refractivity contribution in [1.82, 2.24) is 14.2 Å². The van der Waals surface area contributed by atoms with Gasteiger partial charge in [0.15, 0.2) is 0 Å². The number of carbonyl (C=O) groups excluding carboxylic acids is 3. The molecule has 6 aromatic carbocycles. The largest absolute Gasteiger partial charge is 0.490 e. The van der Waals surface area contributed by atoms with Crippen LogP contribution in [-0.4, -0.2) is 151 Å². The van der Waals surface area contributed by atoms with Gasteiger partial charge in [-0.2, -0.15) is 0 Å². The molecular formula is C96H117Cl3N6O15S3. The maximum atomic E-state index is 13.3. The Balaban J connectivity index is 0.000000137. The van der Waals surface area contributed by atoms with E-state index in [0.29, 0.717) is 149 Å². The van der Waals surface area contributed by atoms with Crippen LogP contribution in [0.3, 0.4) is 0 Å². The lowest BCUT2D eigenvalue weighted by atomic mass is 9.68. The summed E-state index contributed by atoms with van der Waals surface area (Å²) in [5.41, 5.74) is 10.0. The van der Waals surface area contributed by atoms with Crippen LogP contribution in [0.25, 0.3) is 0 Å². The maximum absolute atomic E-state index is 13.3. The van der Waals surface area contributed by atoms with Gasteiger partial charge in [0.2, 0.25) is 30.1 Å². The summed E-state index contributed by atoms with van der Waals surface area (Å²) in [6.07, 6.45) is 28.2. The average Bonchev–Trinajstić information content (AvgIpc) is 1.62. The number of hydrogen-bond acceptors (Lipinski definition) is 18. The highest BCUT2D eigenvalue weighted by atomic mass is 35.5. The fraction of sp³-hybridized carbons (Fsp3) is 0.531. The van der Waals surface area contributed by atoms with E-state index in [9.17, 15) is 55.0 Å². The summed E-state index contributed by atoms with van der Waals surface area (Å²) in [7, 11) is -11.6. The number of amides is 3. The number of allylic oxidation sites excluding steroid dienone is 3. The third-order valence-corrected chi connectivity index (χ3v) is 35.8. The third kappa shape index (κ3) is 18.8. The predicted molar refractivity (Wildman–Crippen MR) is 484 cm³/mol. The highest BCUT2D eigenvalue weighted by molar-refractivity contribution is 7.91. The minimum absolute atomic E-state index is 0.136. The summed E-state index contributed by atoms with van der Waals surface area (Å²) < 4.78 is 105. The average molecular weight is 1800 g/mol. The van der Waals surface area contributed by atoms with Crippen LogP contribution in [0.5, 0.6) is 17.2 Å². The molecule has 3 spiro atoms. The molecule has 0 aromatic heterocycles. The van der Waals surface area contributed by atoms with Crippen LogP contribution in [0, 0.1) is 35.5 Å². The Hall–Kier alpha value is -7.65. The molecular weight excluding hydrogens is 1680 g/mol. The fourth-order valence-electron chi connectivity index (χ4n) is 22.0. The minimum atomic E-state index is -3.87. The Bertz CT molecular complexity index is 4900. The monoisotopic (exact) mass is 1790 g/mol. The van der Waals surface area contributed by atoms with Crippen molar-refractivity contribution in [2.45, 2.75) is 225 Å². The molecule has 0 saturated heterocycles. The number of anilines is 3. The number of fused-ring (bicyclic) bond motifs is 12. The first-order chi connectivity index (χ1) is 59.1. The van der Waals surface area contributed by atoms with Gasteiger partial charge in [-0.15, -0.1) is 0 Å². The third-order valence-electron chi connectivity index (χ3n) is 29.4. The first-order valence-corrected chi connectivity index (χ1v) is 50.5. The number of aryl methyl sites for hydroxylation is 3. The molecule has 21 nitrogen and oxygen atoms in total. The number of aliphatic hydroxyl groups excluding tert-OH is 3. The number of benzene rings is 6. The van der Waals surface area contributed by atoms with Gasteiger partial charge in [-0.3, -0.25) is 14.4 Å². The van der Waals surface area contributed by atoms with E-state index in [1.165, 1.54) is 33.4 Å². The van der Waals surface area contributed by atoms with E-state index in [2.05, 4.69) is 65.3 Å². The second kappa shape index (κ2) is 37.0. The van der Waals surface area contributed by atoms with Gasteiger partial charge in [-0.1, -0.05) is 110 Å². The van der Waals surface area contributed by atoms with E-state index in [4.69, 9.17) is 49.0 Å². The van der Waals surface area contributed by atoms with Crippen LogP contribution >= 0.6 is 34.8 Å². The van der Waals surface area contributed by atoms with Crippen molar-refractivity contribution in [2.24, 2.45) is 35.5 Å². The molecule has 0 unspecified atom stereocenters. The van der Waals surface area contributed by atoms with Gasteiger partial charge in [0.25, 0.3) is 17.7 Å². The summed E-state index contributed by atoms with van der Waals surface area (Å²) in [6, 6.07) is 34.2. The number of ether oxygens (including phenoxy) is 3. The normalized spacial score (nSPS) is 32.0. The smallest absolute Gasteiger partial charge is 0.264 e. The molecule has 0 radical (unpaired) electrons. The SMILES string of the molecule is CC[C@@H]1CC/C=C/[C@H](O)[C@@H]2CC[C@H]2CN2C[C@@]3(CCCc4cc(Cl)ccc43)COc3ccc(cc32)C(=O)NS1(=O)=O.CC[C@@H]1CC/C=C\[C@H](O)[C@@H]2CC[C@H]2CN2C[C@@]3(CCCc4cc(Cl)ccc43)COc3ccc(cc32)C(=O)NS1(=O)=O.CC[C@H]1CC/C=C/[C@H](O)[C@@H]2CC[C@H]2CN2C[C@@]3(CCCc4cc(Cl)ccc43)COc3ccc(cc32)C(=O)NS1(=O)=O. The predicted octanol–water partition coefficient (Wildman–Crippen LogP) is 16.2. The Morgan fingerprint density at radius 2 is 0.675 bits per heavy atom. The van der Waals surface area contributed by atoms with Crippen molar-refractivity contribution in [3.63, 3.8) is 0 Å². The summed E-state index contributed by atoms with van der Waals surface area (Å²) >= 11 is 19.1. The van der Waals surface area contributed by atoms with Crippen LogP contribution in [-0.2, 0) is 65.6 Å². The highest BCUT2D eigenvalue weighted by Gasteiger charge is 2.49. The molecule has 6 heterocycles. The quantitative estimate of drug-likeness (QED) is 0.0898. The van der Waals surface area contributed by atoms with Crippen LogP contribution in [0.1, 0.15) is 220 Å². The van der Waals surface area contributed by atoms with Crippen molar-refractivity contribution in [1.29, 1.82) is 0 Å². The summed E-state index contributed by atoms with van der Waals surface area (Å²) in [4.78, 5) is 46.9. The molecule has 15 atom stereocenters. The van der Waals surface area contributed by atoms with Gasteiger partial charge in [0.1, 0.15) is 17.2 Å². The molecule has 6 bridgehead atoms. The molecule has 6 aliphatic heterocycles. The summed E-state index contributed by atoms with van der Waals surface area (Å²) in [5, 5.41) is 33.3. The maximum Gasteiger partial charge on any atom is 0.264 e. The Morgan fingerprint density at radius 3 is 0.935 bits per heavy atom. The van der Waals surface area contributed by atoms with Crippen molar-refractivity contribution < 1.29 is 69.2 Å². The van der Waals surface area contributed by atoms with Crippen molar-refractivity contribution in [3.8, 4) is 17.2 Å². The Labute approximate surface area is 740 Å². The van der Waals surface area contributed by atoms with Crippen molar-refractivity contribution in [2.75, 3.05) is 73.8 Å². The Kier molecular flexibility index (Phi) is 26.7. The van der Waals surface area contributed by atoms with Crippen LogP contribution in [0.2, 0.25) is 15.1 Å². The van der Waals surface area contributed by atoms with E-state index >= 15 is 0 Å². The molecule has 12 aliphatic rings. The second-order valence-corrected chi connectivity index (χ2v) is 44.1. The molecule has 18 rings (SSSR count). The summed E-state index contributed by atoms with van der Waals surface area (Å²) in [6.45, 7) is 11.2. The van der Waals surface area contributed by atoms with Crippen LogP contribution < -0.4 is 43.1 Å². The van der Waals surface area contributed by atoms with Crippen molar-refractivity contribution >= 4 is 99.7 Å². The molecule has 6 N–H and O–H groups in total. The lowest BCUT2D eigenvalue weighted by molar-refractivity contribution is 0.0454. The van der Waals surface area contributed by atoms with Gasteiger partial charge >= 0.3 is 0 Å². The molecule has 660 valence electrons. The first-order valence-electron chi connectivity index (χ1n) is 44.7. The number of nitrogens with zero attached hydrogens (tertiary/aromatic N) is 3. The number of carbonyl (C=O) groups is 3. The van der Waals surface area contributed by atoms with E-state index in [0.717, 1.165) is 148 Å². The fourth-order valence-corrected chi connectivity index (χ4v) is 26.8.